The summed E-state index contributed by atoms with van der Waals surface area (Å²) in [6.07, 6.45) is 3.99. The monoisotopic (exact) mass is 415 g/mol. The quantitative estimate of drug-likeness (QED) is 0.345. The van der Waals surface area contributed by atoms with Crippen molar-refractivity contribution in [1.29, 1.82) is 0 Å². The van der Waals surface area contributed by atoms with Gasteiger partial charge in [0.1, 0.15) is 6.61 Å². The van der Waals surface area contributed by atoms with Crippen LogP contribution in [0.5, 0.6) is 5.75 Å². The van der Waals surface area contributed by atoms with Crippen LogP contribution in [0.3, 0.4) is 0 Å². The summed E-state index contributed by atoms with van der Waals surface area (Å²) in [4.78, 5) is 41.0. The van der Waals surface area contributed by atoms with Gasteiger partial charge in [0.25, 0.3) is 5.56 Å². The minimum atomic E-state index is -0.712. The Morgan fingerprint density at radius 2 is 2.07 bits per heavy atom. The first kappa shape index (κ1) is 19.1. The molecule has 3 aromatic rings. The number of nitrogens with zero attached hydrogens (tertiary/aromatic N) is 3. The molecule has 1 aromatic carbocycles. The van der Waals surface area contributed by atoms with Gasteiger partial charge in [-0.15, -0.1) is 11.3 Å². The number of aryl methyl sites for hydroxylation is 2. The Labute approximate surface area is 168 Å². The summed E-state index contributed by atoms with van der Waals surface area (Å²) >= 11 is 1.50. The van der Waals surface area contributed by atoms with Gasteiger partial charge in [0.15, 0.2) is 17.3 Å². The lowest BCUT2D eigenvalue weighted by Gasteiger charge is -2.10. The molecule has 150 valence electrons. The lowest BCUT2D eigenvalue weighted by Crippen LogP contribution is -2.20. The summed E-state index contributed by atoms with van der Waals surface area (Å²) in [6.45, 7) is -0.660. The number of ether oxygens (including phenoxy) is 2. The van der Waals surface area contributed by atoms with Crippen LogP contribution >= 0.6 is 11.3 Å². The SMILES string of the molecule is O=C(COc1ccccc1[N+](=O)[O-])OCc1cc(=O)n2c3c(sc2n1)CCCC3. The van der Waals surface area contributed by atoms with Crippen molar-refractivity contribution in [1.82, 2.24) is 9.38 Å². The van der Waals surface area contributed by atoms with Gasteiger partial charge in [0.2, 0.25) is 0 Å². The van der Waals surface area contributed by atoms with E-state index < -0.39 is 17.5 Å². The van der Waals surface area contributed by atoms with Crippen molar-refractivity contribution < 1.29 is 19.2 Å². The molecule has 0 unspecified atom stereocenters. The predicted octanol–water partition coefficient (Wildman–Crippen LogP) is 2.67. The topological polar surface area (TPSA) is 113 Å². The Hall–Kier alpha value is -3.27. The molecule has 0 amide bonds. The maximum atomic E-state index is 12.5. The van der Waals surface area contributed by atoms with Gasteiger partial charge < -0.3 is 9.47 Å². The smallest absolute Gasteiger partial charge is 0.344 e. The number of hydrogen-bond acceptors (Lipinski definition) is 8. The van der Waals surface area contributed by atoms with Gasteiger partial charge in [-0.3, -0.25) is 19.3 Å². The van der Waals surface area contributed by atoms with E-state index in [0.29, 0.717) is 10.7 Å². The zero-order valence-corrected chi connectivity index (χ0v) is 16.1. The Bertz CT molecular complexity index is 1150. The van der Waals surface area contributed by atoms with Crippen molar-refractivity contribution in [3.8, 4) is 5.75 Å². The molecule has 10 heteroatoms. The number of carbonyl (C=O) groups excluding carboxylic acids is 1. The highest BCUT2D eigenvalue weighted by atomic mass is 32.1. The Kier molecular flexibility index (Phi) is 5.26. The van der Waals surface area contributed by atoms with E-state index in [2.05, 4.69) is 4.98 Å². The second kappa shape index (κ2) is 8.00. The van der Waals surface area contributed by atoms with E-state index in [9.17, 15) is 19.7 Å². The number of benzene rings is 1. The molecule has 0 atom stereocenters. The summed E-state index contributed by atoms with van der Waals surface area (Å²) < 4.78 is 12.0. The first-order chi connectivity index (χ1) is 14.0. The van der Waals surface area contributed by atoms with Crippen LogP contribution in [-0.4, -0.2) is 26.9 Å². The van der Waals surface area contributed by atoms with Crippen LogP contribution in [0.1, 0.15) is 29.1 Å². The lowest BCUT2D eigenvalue weighted by molar-refractivity contribution is -0.385. The van der Waals surface area contributed by atoms with Crippen LogP contribution in [0.2, 0.25) is 0 Å². The molecule has 2 aromatic heterocycles. The van der Waals surface area contributed by atoms with E-state index in [1.807, 2.05) is 0 Å². The predicted molar refractivity (Wildman–Crippen MR) is 104 cm³/mol. The Morgan fingerprint density at radius 1 is 1.28 bits per heavy atom. The average Bonchev–Trinajstić information content (AvgIpc) is 3.09. The number of esters is 1. The molecule has 1 aliphatic rings. The maximum absolute atomic E-state index is 12.5. The second-order valence-electron chi connectivity index (χ2n) is 6.56. The van der Waals surface area contributed by atoms with E-state index in [1.165, 1.54) is 40.5 Å². The van der Waals surface area contributed by atoms with Crippen LogP contribution < -0.4 is 10.3 Å². The van der Waals surface area contributed by atoms with Gasteiger partial charge in [-0.1, -0.05) is 12.1 Å². The van der Waals surface area contributed by atoms with E-state index in [-0.39, 0.29) is 23.6 Å². The molecule has 0 saturated heterocycles. The summed E-state index contributed by atoms with van der Waals surface area (Å²) in [5, 5.41) is 11.0. The molecular formula is C19H17N3O6S. The minimum absolute atomic E-state index is 0.0172. The fourth-order valence-corrected chi connectivity index (χ4v) is 4.51. The Balaban J connectivity index is 1.41. The molecule has 0 fully saturated rings. The standard InChI is InChI=1S/C19H17N3O6S/c23-17-9-12(20-19-21(17)14-6-2-4-8-16(14)29-19)10-28-18(24)11-27-15-7-3-1-5-13(15)22(25)26/h1,3,5,7,9H,2,4,6,8,10-11H2. The highest BCUT2D eigenvalue weighted by molar-refractivity contribution is 7.17. The van der Waals surface area contributed by atoms with Crippen molar-refractivity contribution in [2.75, 3.05) is 6.61 Å². The van der Waals surface area contributed by atoms with Gasteiger partial charge >= 0.3 is 11.7 Å². The second-order valence-corrected chi connectivity index (χ2v) is 7.62. The minimum Gasteiger partial charge on any atom is -0.475 e. The highest BCUT2D eigenvalue weighted by Crippen LogP contribution is 2.28. The van der Waals surface area contributed by atoms with Gasteiger partial charge in [-0.25, -0.2) is 9.78 Å². The van der Waals surface area contributed by atoms with Crippen molar-refractivity contribution in [2.24, 2.45) is 0 Å². The van der Waals surface area contributed by atoms with Crippen LogP contribution in [0.4, 0.5) is 5.69 Å². The number of hydrogen-bond donors (Lipinski definition) is 0. The van der Waals surface area contributed by atoms with Gasteiger partial charge in [0.05, 0.1) is 10.6 Å². The molecular weight excluding hydrogens is 398 g/mol. The number of aromatic nitrogens is 2. The summed E-state index contributed by atoms with van der Waals surface area (Å²) in [6, 6.07) is 7.13. The molecule has 0 aliphatic heterocycles. The molecule has 0 saturated carbocycles. The van der Waals surface area contributed by atoms with E-state index in [1.54, 1.807) is 10.5 Å². The molecule has 1 aliphatic carbocycles. The van der Waals surface area contributed by atoms with Crippen molar-refractivity contribution in [3.63, 3.8) is 0 Å². The lowest BCUT2D eigenvalue weighted by atomic mass is 10.0. The first-order valence-electron chi connectivity index (χ1n) is 9.08. The highest BCUT2D eigenvalue weighted by Gasteiger charge is 2.19. The molecule has 4 rings (SSSR count). The molecule has 0 bridgehead atoms. The van der Waals surface area contributed by atoms with E-state index in [0.717, 1.165) is 31.4 Å². The summed E-state index contributed by atoms with van der Waals surface area (Å²) in [5.41, 5.74) is 0.974. The summed E-state index contributed by atoms with van der Waals surface area (Å²) in [5.74, 6) is -0.730. The van der Waals surface area contributed by atoms with Crippen LogP contribution in [0.15, 0.2) is 35.1 Å². The largest absolute Gasteiger partial charge is 0.475 e. The summed E-state index contributed by atoms with van der Waals surface area (Å²) in [7, 11) is 0. The van der Waals surface area contributed by atoms with Gasteiger partial charge in [-0.2, -0.15) is 0 Å². The number of nitro benzene ring substituents is 1. The molecule has 0 spiro atoms. The number of nitro groups is 1. The molecule has 2 heterocycles. The number of thiazole rings is 1. The fourth-order valence-electron chi connectivity index (χ4n) is 3.28. The van der Waals surface area contributed by atoms with Crippen LogP contribution in [-0.2, 0) is 29.0 Å². The number of carbonyl (C=O) groups is 1. The van der Waals surface area contributed by atoms with Crippen LogP contribution in [0, 0.1) is 10.1 Å². The van der Waals surface area contributed by atoms with Crippen molar-refractivity contribution >= 4 is 28.0 Å². The number of rotatable bonds is 6. The third-order valence-electron chi connectivity index (χ3n) is 4.60. The third kappa shape index (κ3) is 3.97. The van der Waals surface area contributed by atoms with E-state index in [4.69, 9.17) is 9.47 Å². The molecule has 0 radical (unpaired) electrons. The van der Waals surface area contributed by atoms with Crippen molar-refractivity contribution in [3.05, 3.63) is 67.1 Å². The zero-order chi connectivity index (χ0) is 20.4. The normalized spacial score (nSPS) is 13.1. The number of fused-ring (bicyclic) bond motifs is 3. The average molecular weight is 415 g/mol. The molecule has 0 N–H and O–H groups in total. The molecule has 9 nitrogen and oxygen atoms in total. The Morgan fingerprint density at radius 3 is 2.90 bits per heavy atom. The maximum Gasteiger partial charge on any atom is 0.344 e. The van der Waals surface area contributed by atoms with Gasteiger partial charge in [-0.05, 0) is 31.7 Å². The zero-order valence-electron chi connectivity index (χ0n) is 15.3. The number of para-hydroxylation sites is 2. The van der Waals surface area contributed by atoms with Crippen molar-refractivity contribution in [2.45, 2.75) is 32.3 Å². The van der Waals surface area contributed by atoms with E-state index >= 15 is 0 Å². The van der Waals surface area contributed by atoms with Gasteiger partial charge in [0, 0.05) is 22.7 Å². The first-order valence-corrected chi connectivity index (χ1v) is 9.89. The third-order valence-corrected chi connectivity index (χ3v) is 5.75. The van der Waals surface area contributed by atoms with Crippen LogP contribution in [0.25, 0.3) is 4.96 Å². The fraction of sp³-hybridized carbons (Fsp3) is 0.316. The molecule has 29 heavy (non-hydrogen) atoms.